The summed E-state index contributed by atoms with van der Waals surface area (Å²) in [5.74, 6) is 0.460. The van der Waals surface area contributed by atoms with Crippen LogP contribution in [-0.4, -0.2) is 9.55 Å². The summed E-state index contributed by atoms with van der Waals surface area (Å²) in [7, 11) is 2.04. The quantitative estimate of drug-likeness (QED) is 0.727. The molecule has 0 aliphatic heterocycles. The monoisotopic (exact) mass is 200 g/mol. The van der Waals surface area contributed by atoms with E-state index in [1.807, 2.05) is 19.4 Å². The minimum Gasteiger partial charge on any atom is -0.334 e. The minimum absolute atomic E-state index is 0.460. The molecule has 1 aromatic heterocycles. The maximum atomic E-state index is 4.45. The van der Waals surface area contributed by atoms with Crippen LogP contribution in [-0.2, 0) is 7.05 Å². The maximum absolute atomic E-state index is 4.45. The summed E-state index contributed by atoms with van der Waals surface area (Å²) >= 11 is 0. The topological polar surface area (TPSA) is 17.8 Å². The van der Waals surface area contributed by atoms with Gasteiger partial charge in [0, 0.05) is 12.6 Å². The summed E-state index contributed by atoms with van der Waals surface area (Å²) in [5.41, 5.74) is 3.63. The molecule has 0 saturated heterocycles. The molecule has 78 valence electrons. The molecule has 0 bridgehead atoms. The van der Waals surface area contributed by atoms with E-state index in [9.17, 15) is 0 Å². The predicted molar refractivity (Wildman–Crippen MR) is 62.7 cm³/mol. The second-order valence-electron chi connectivity index (χ2n) is 4.11. The lowest BCUT2D eigenvalue weighted by atomic mass is 10.0. The van der Waals surface area contributed by atoms with Crippen molar-refractivity contribution in [2.75, 3.05) is 0 Å². The number of aryl methyl sites for hydroxylation is 1. The van der Waals surface area contributed by atoms with E-state index in [4.69, 9.17) is 0 Å². The molecule has 0 aliphatic rings. The molecular formula is C13H16N2. The zero-order valence-corrected chi connectivity index (χ0v) is 9.44. The van der Waals surface area contributed by atoms with Crippen molar-refractivity contribution in [3.8, 4) is 11.3 Å². The highest BCUT2D eigenvalue weighted by atomic mass is 15.0. The van der Waals surface area contributed by atoms with E-state index >= 15 is 0 Å². The van der Waals surface area contributed by atoms with Gasteiger partial charge in [0.2, 0.25) is 0 Å². The van der Waals surface area contributed by atoms with Crippen molar-refractivity contribution in [3.05, 3.63) is 42.4 Å². The molecule has 0 amide bonds. The van der Waals surface area contributed by atoms with Gasteiger partial charge in [-0.15, -0.1) is 0 Å². The van der Waals surface area contributed by atoms with E-state index in [2.05, 4.69) is 47.7 Å². The Bertz CT molecular complexity index is 441. The van der Waals surface area contributed by atoms with E-state index in [1.54, 1.807) is 0 Å². The van der Waals surface area contributed by atoms with Crippen LogP contribution in [0.5, 0.6) is 0 Å². The first kappa shape index (κ1) is 9.97. The standard InChI is InChI=1S/C13H16N2/c1-10(2)12-13(15(3)9-14-12)11-7-5-4-6-8-11/h4-10H,1-3H3. The summed E-state index contributed by atoms with van der Waals surface area (Å²) in [6.07, 6.45) is 1.89. The first-order valence-corrected chi connectivity index (χ1v) is 5.26. The number of hydrogen-bond acceptors (Lipinski definition) is 1. The van der Waals surface area contributed by atoms with Gasteiger partial charge in [-0.25, -0.2) is 4.98 Å². The smallest absolute Gasteiger partial charge is 0.0951 e. The van der Waals surface area contributed by atoms with Crippen molar-refractivity contribution in [1.82, 2.24) is 9.55 Å². The van der Waals surface area contributed by atoms with E-state index < -0.39 is 0 Å². The van der Waals surface area contributed by atoms with Gasteiger partial charge < -0.3 is 4.57 Å². The zero-order valence-electron chi connectivity index (χ0n) is 9.44. The van der Waals surface area contributed by atoms with Gasteiger partial charge in [-0.3, -0.25) is 0 Å². The molecule has 1 aromatic carbocycles. The van der Waals surface area contributed by atoms with Crippen LogP contribution in [0.25, 0.3) is 11.3 Å². The molecular weight excluding hydrogens is 184 g/mol. The van der Waals surface area contributed by atoms with E-state index in [0.717, 1.165) is 0 Å². The lowest BCUT2D eigenvalue weighted by molar-refractivity contribution is 0.833. The van der Waals surface area contributed by atoms with Gasteiger partial charge in [0.05, 0.1) is 17.7 Å². The molecule has 0 atom stereocenters. The summed E-state index contributed by atoms with van der Waals surface area (Å²) in [6.45, 7) is 4.35. The third kappa shape index (κ3) is 1.80. The van der Waals surface area contributed by atoms with Crippen molar-refractivity contribution in [3.63, 3.8) is 0 Å². The van der Waals surface area contributed by atoms with Crippen LogP contribution < -0.4 is 0 Å². The van der Waals surface area contributed by atoms with Crippen LogP contribution in [0.3, 0.4) is 0 Å². The normalized spacial score (nSPS) is 10.9. The Balaban J connectivity index is 2.57. The van der Waals surface area contributed by atoms with Gasteiger partial charge in [0.1, 0.15) is 0 Å². The average Bonchev–Trinajstić information content (AvgIpc) is 2.61. The third-order valence-corrected chi connectivity index (χ3v) is 2.56. The Labute approximate surface area is 90.6 Å². The number of benzene rings is 1. The van der Waals surface area contributed by atoms with Gasteiger partial charge in [-0.2, -0.15) is 0 Å². The Kier molecular flexibility index (Phi) is 2.58. The molecule has 0 radical (unpaired) electrons. The second-order valence-corrected chi connectivity index (χ2v) is 4.11. The molecule has 15 heavy (non-hydrogen) atoms. The summed E-state index contributed by atoms with van der Waals surface area (Å²) < 4.78 is 2.09. The van der Waals surface area contributed by atoms with Crippen molar-refractivity contribution in [2.45, 2.75) is 19.8 Å². The molecule has 0 fully saturated rings. The molecule has 2 heteroatoms. The number of imidazole rings is 1. The van der Waals surface area contributed by atoms with Gasteiger partial charge >= 0.3 is 0 Å². The highest BCUT2D eigenvalue weighted by Crippen LogP contribution is 2.27. The molecule has 2 rings (SSSR count). The average molecular weight is 200 g/mol. The van der Waals surface area contributed by atoms with Crippen LogP contribution in [0.1, 0.15) is 25.5 Å². The summed E-state index contributed by atoms with van der Waals surface area (Å²) in [6, 6.07) is 10.4. The zero-order chi connectivity index (χ0) is 10.8. The van der Waals surface area contributed by atoms with Gasteiger partial charge in [-0.1, -0.05) is 44.2 Å². The van der Waals surface area contributed by atoms with E-state index in [1.165, 1.54) is 17.0 Å². The Hall–Kier alpha value is -1.57. The number of hydrogen-bond donors (Lipinski definition) is 0. The molecule has 2 nitrogen and oxygen atoms in total. The fourth-order valence-electron chi connectivity index (χ4n) is 1.82. The summed E-state index contributed by atoms with van der Waals surface area (Å²) in [5, 5.41) is 0. The molecule has 0 unspecified atom stereocenters. The number of rotatable bonds is 2. The van der Waals surface area contributed by atoms with Crippen LogP contribution in [0, 0.1) is 0 Å². The first-order valence-electron chi connectivity index (χ1n) is 5.26. The highest BCUT2D eigenvalue weighted by Gasteiger charge is 2.13. The lowest BCUT2D eigenvalue weighted by Crippen LogP contribution is -1.95. The minimum atomic E-state index is 0.460. The molecule has 2 aromatic rings. The molecule has 0 saturated carbocycles. The number of nitrogens with zero attached hydrogens (tertiary/aromatic N) is 2. The Morgan fingerprint density at radius 3 is 2.40 bits per heavy atom. The van der Waals surface area contributed by atoms with Crippen molar-refractivity contribution in [2.24, 2.45) is 7.05 Å². The van der Waals surface area contributed by atoms with E-state index in [-0.39, 0.29) is 0 Å². The van der Waals surface area contributed by atoms with Crippen LogP contribution in [0.4, 0.5) is 0 Å². The molecule has 1 heterocycles. The van der Waals surface area contributed by atoms with Gasteiger partial charge in [0.15, 0.2) is 0 Å². The van der Waals surface area contributed by atoms with Crippen molar-refractivity contribution in [1.29, 1.82) is 0 Å². The number of aromatic nitrogens is 2. The van der Waals surface area contributed by atoms with Crippen molar-refractivity contribution < 1.29 is 0 Å². The maximum Gasteiger partial charge on any atom is 0.0951 e. The van der Waals surface area contributed by atoms with Crippen LogP contribution in [0.2, 0.25) is 0 Å². The first-order chi connectivity index (χ1) is 7.20. The second kappa shape index (κ2) is 3.89. The highest BCUT2D eigenvalue weighted by molar-refractivity contribution is 5.62. The SMILES string of the molecule is CC(C)c1ncn(C)c1-c1ccccc1. The lowest BCUT2D eigenvalue weighted by Gasteiger charge is -2.08. The van der Waals surface area contributed by atoms with Gasteiger partial charge in [0.25, 0.3) is 0 Å². The van der Waals surface area contributed by atoms with Gasteiger partial charge in [-0.05, 0) is 5.92 Å². The predicted octanol–water partition coefficient (Wildman–Crippen LogP) is 3.21. The summed E-state index contributed by atoms with van der Waals surface area (Å²) in [4.78, 5) is 4.45. The molecule has 0 spiro atoms. The fourth-order valence-corrected chi connectivity index (χ4v) is 1.82. The third-order valence-electron chi connectivity index (χ3n) is 2.56. The Morgan fingerprint density at radius 1 is 1.13 bits per heavy atom. The van der Waals surface area contributed by atoms with Crippen LogP contribution >= 0.6 is 0 Å². The molecule has 0 N–H and O–H groups in total. The van der Waals surface area contributed by atoms with Crippen molar-refractivity contribution >= 4 is 0 Å². The fraction of sp³-hybridized carbons (Fsp3) is 0.308. The largest absolute Gasteiger partial charge is 0.334 e. The molecule has 0 aliphatic carbocycles. The van der Waals surface area contributed by atoms with E-state index in [0.29, 0.717) is 5.92 Å². The Morgan fingerprint density at radius 2 is 1.80 bits per heavy atom. The van der Waals surface area contributed by atoms with Crippen LogP contribution in [0.15, 0.2) is 36.7 Å².